The molecule has 2 aliphatic heterocycles. The van der Waals surface area contributed by atoms with Crippen molar-refractivity contribution in [2.24, 2.45) is 5.92 Å². The van der Waals surface area contributed by atoms with Crippen molar-refractivity contribution in [2.75, 3.05) is 39.9 Å². The smallest absolute Gasteiger partial charge is 0.249 e. The van der Waals surface area contributed by atoms with Gasteiger partial charge in [0.1, 0.15) is 6.10 Å². The molecule has 0 spiro atoms. The molecular formula is C19H28N2O3. The molecule has 0 unspecified atom stereocenters. The normalized spacial score (nSPS) is 27.0. The molecule has 24 heavy (non-hydrogen) atoms. The van der Waals surface area contributed by atoms with Gasteiger partial charge in [0.25, 0.3) is 0 Å². The molecule has 0 radical (unpaired) electrons. The standard InChI is InChI=1S/C19H28N2O3/c1-23-12-9-20-19(22)17-13-16-8-11-21(14-18(16)24-17)10-7-15-5-3-2-4-6-15/h2-6,16-18H,7-14H2,1H3,(H,20,22)/t16-,17+,18+/m0/s1. The number of amides is 1. The lowest BCUT2D eigenvalue weighted by molar-refractivity contribution is -0.133. The Kier molecular flexibility index (Phi) is 6.24. The van der Waals surface area contributed by atoms with E-state index >= 15 is 0 Å². The molecule has 0 saturated carbocycles. The second-order valence-corrected chi connectivity index (χ2v) is 6.77. The number of nitrogens with one attached hydrogen (secondary N) is 1. The number of hydrogen-bond donors (Lipinski definition) is 1. The van der Waals surface area contributed by atoms with Crippen LogP contribution in [0.15, 0.2) is 30.3 Å². The Bertz CT molecular complexity index is 523. The van der Waals surface area contributed by atoms with Gasteiger partial charge in [0, 0.05) is 26.7 Å². The summed E-state index contributed by atoms with van der Waals surface area (Å²) >= 11 is 0. The molecule has 2 saturated heterocycles. The number of benzene rings is 1. The molecule has 1 aromatic carbocycles. The van der Waals surface area contributed by atoms with E-state index in [2.05, 4.69) is 40.5 Å². The second kappa shape index (κ2) is 8.60. The number of rotatable bonds is 7. The molecule has 132 valence electrons. The first-order valence-corrected chi connectivity index (χ1v) is 8.94. The minimum absolute atomic E-state index is 0.0114. The van der Waals surface area contributed by atoms with Crippen LogP contribution in [0.1, 0.15) is 18.4 Å². The van der Waals surface area contributed by atoms with E-state index < -0.39 is 0 Å². The number of methoxy groups -OCH3 is 1. The lowest BCUT2D eigenvalue weighted by Gasteiger charge is -2.34. The van der Waals surface area contributed by atoms with Crippen molar-refractivity contribution < 1.29 is 14.3 Å². The van der Waals surface area contributed by atoms with Gasteiger partial charge in [0.05, 0.1) is 12.7 Å². The van der Waals surface area contributed by atoms with Crippen LogP contribution in [0.2, 0.25) is 0 Å². The number of hydrogen-bond acceptors (Lipinski definition) is 4. The predicted octanol–water partition coefficient (Wildman–Crippen LogP) is 1.47. The van der Waals surface area contributed by atoms with Gasteiger partial charge in [-0.2, -0.15) is 0 Å². The first-order valence-electron chi connectivity index (χ1n) is 8.94. The lowest BCUT2D eigenvalue weighted by Crippen LogP contribution is -2.43. The second-order valence-electron chi connectivity index (χ2n) is 6.77. The maximum absolute atomic E-state index is 12.2. The van der Waals surface area contributed by atoms with Crippen LogP contribution in [-0.2, 0) is 20.7 Å². The van der Waals surface area contributed by atoms with E-state index in [4.69, 9.17) is 9.47 Å². The van der Waals surface area contributed by atoms with Crippen molar-refractivity contribution in [2.45, 2.75) is 31.5 Å². The van der Waals surface area contributed by atoms with E-state index in [-0.39, 0.29) is 18.1 Å². The lowest BCUT2D eigenvalue weighted by atomic mass is 9.91. The fraction of sp³-hybridized carbons (Fsp3) is 0.632. The Hall–Kier alpha value is -1.43. The Balaban J connectivity index is 1.43. The molecule has 5 heteroatoms. The highest BCUT2D eigenvalue weighted by Crippen LogP contribution is 2.33. The van der Waals surface area contributed by atoms with E-state index in [1.54, 1.807) is 7.11 Å². The van der Waals surface area contributed by atoms with Crippen LogP contribution < -0.4 is 5.32 Å². The molecule has 0 bridgehead atoms. The van der Waals surface area contributed by atoms with E-state index in [1.807, 2.05) is 0 Å². The SMILES string of the molecule is COCCNC(=O)[C@H]1C[C@@H]2CCN(CCc3ccccc3)C[C@H]2O1. The number of carbonyl (C=O) groups excluding carboxylic acids is 1. The average molecular weight is 332 g/mol. The summed E-state index contributed by atoms with van der Waals surface area (Å²) < 4.78 is 11.0. The van der Waals surface area contributed by atoms with Crippen molar-refractivity contribution in [1.29, 1.82) is 0 Å². The third-order valence-corrected chi connectivity index (χ3v) is 5.09. The number of likely N-dealkylation sites (tertiary alicyclic amines) is 1. The zero-order chi connectivity index (χ0) is 16.8. The fourth-order valence-corrected chi connectivity index (χ4v) is 3.69. The van der Waals surface area contributed by atoms with Gasteiger partial charge >= 0.3 is 0 Å². The molecular weight excluding hydrogens is 304 g/mol. The van der Waals surface area contributed by atoms with Gasteiger partial charge < -0.3 is 19.7 Å². The van der Waals surface area contributed by atoms with Gasteiger partial charge in [-0.05, 0) is 37.3 Å². The molecule has 1 aromatic rings. The number of carbonyl (C=O) groups is 1. The maximum Gasteiger partial charge on any atom is 0.249 e. The summed E-state index contributed by atoms with van der Waals surface area (Å²) in [5.41, 5.74) is 1.38. The molecule has 2 heterocycles. The Morgan fingerprint density at radius 1 is 1.38 bits per heavy atom. The largest absolute Gasteiger partial charge is 0.383 e. The minimum Gasteiger partial charge on any atom is -0.383 e. The van der Waals surface area contributed by atoms with E-state index in [0.717, 1.165) is 38.9 Å². The minimum atomic E-state index is -0.286. The number of fused-ring (bicyclic) bond motifs is 1. The zero-order valence-corrected chi connectivity index (χ0v) is 14.4. The van der Waals surface area contributed by atoms with Gasteiger partial charge in [-0.3, -0.25) is 4.79 Å². The number of ether oxygens (including phenoxy) is 2. The quantitative estimate of drug-likeness (QED) is 0.768. The molecule has 2 aliphatic rings. The first kappa shape index (κ1) is 17.4. The van der Waals surface area contributed by atoms with Crippen molar-refractivity contribution in [3.8, 4) is 0 Å². The van der Waals surface area contributed by atoms with Gasteiger partial charge in [0.15, 0.2) is 0 Å². The van der Waals surface area contributed by atoms with Crippen LogP contribution in [0.4, 0.5) is 0 Å². The van der Waals surface area contributed by atoms with Gasteiger partial charge in [0.2, 0.25) is 5.91 Å². The van der Waals surface area contributed by atoms with Crippen LogP contribution in [0, 0.1) is 5.92 Å². The topological polar surface area (TPSA) is 50.8 Å². The summed E-state index contributed by atoms with van der Waals surface area (Å²) in [7, 11) is 1.64. The maximum atomic E-state index is 12.2. The van der Waals surface area contributed by atoms with Gasteiger partial charge in [-0.25, -0.2) is 0 Å². The highest BCUT2D eigenvalue weighted by Gasteiger charge is 2.41. The fourth-order valence-electron chi connectivity index (χ4n) is 3.69. The molecule has 2 fully saturated rings. The molecule has 0 aliphatic carbocycles. The monoisotopic (exact) mass is 332 g/mol. The molecule has 3 atom stereocenters. The molecule has 1 amide bonds. The zero-order valence-electron chi connectivity index (χ0n) is 14.4. The predicted molar refractivity (Wildman–Crippen MR) is 92.9 cm³/mol. The summed E-state index contributed by atoms with van der Waals surface area (Å²) in [6, 6.07) is 10.6. The van der Waals surface area contributed by atoms with Gasteiger partial charge in [-0.15, -0.1) is 0 Å². The number of nitrogens with zero attached hydrogens (tertiary/aromatic N) is 1. The highest BCUT2D eigenvalue weighted by atomic mass is 16.5. The van der Waals surface area contributed by atoms with Crippen LogP contribution in [0.3, 0.4) is 0 Å². The van der Waals surface area contributed by atoms with E-state index in [1.165, 1.54) is 5.56 Å². The third-order valence-electron chi connectivity index (χ3n) is 5.09. The first-order chi connectivity index (χ1) is 11.8. The Labute approximate surface area is 144 Å². The van der Waals surface area contributed by atoms with E-state index in [0.29, 0.717) is 19.1 Å². The summed E-state index contributed by atoms with van der Waals surface area (Å²) in [6.07, 6.45) is 2.97. The van der Waals surface area contributed by atoms with Gasteiger partial charge in [-0.1, -0.05) is 30.3 Å². The average Bonchev–Trinajstić information content (AvgIpc) is 3.04. The highest BCUT2D eigenvalue weighted by molar-refractivity contribution is 5.81. The van der Waals surface area contributed by atoms with Crippen LogP contribution in [0.25, 0.3) is 0 Å². The molecule has 3 rings (SSSR count). The molecule has 1 N–H and O–H groups in total. The Morgan fingerprint density at radius 2 is 2.21 bits per heavy atom. The van der Waals surface area contributed by atoms with Crippen molar-refractivity contribution in [3.63, 3.8) is 0 Å². The molecule has 5 nitrogen and oxygen atoms in total. The summed E-state index contributed by atoms with van der Waals surface area (Å²) in [6.45, 7) is 4.20. The summed E-state index contributed by atoms with van der Waals surface area (Å²) in [4.78, 5) is 14.6. The molecule has 0 aromatic heterocycles. The van der Waals surface area contributed by atoms with Crippen molar-refractivity contribution >= 4 is 5.91 Å². The van der Waals surface area contributed by atoms with Crippen LogP contribution >= 0.6 is 0 Å². The van der Waals surface area contributed by atoms with Crippen LogP contribution in [-0.4, -0.2) is 62.9 Å². The van der Waals surface area contributed by atoms with Crippen LogP contribution in [0.5, 0.6) is 0 Å². The number of piperidine rings is 1. The van der Waals surface area contributed by atoms with Crippen molar-refractivity contribution in [1.82, 2.24) is 10.2 Å². The Morgan fingerprint density at radius 3 is 3.00 bits per heavy atom. The summed E-state index contributed by atoms with van der Waals surface area (Å²) in [5.74, 6) is 0.536. The van der Waals surface area contributed by atoms with Crippen molar-refractivity contribution in [3.05, 3.63) is 35.9 Å². The summed E-state index contributed by atoms with van der Waals surface area (Å²) in [5, 5.41) is 2.89. The third kappa shape index (κ3) is 4.56. The van der Waals surface area contributed by atoms with E-state index in [9.17, 15) is 4.79 Å².